The molecule has 0 radical (unpaired) electrons. The van der Waals surface area contributed by atoms with Crippen molar-refractivity contribution in [2.24, 2.45) is 0 Å². The van der Waals surface area contributed by atoms with Gasteiger partial charge in [-0.05, 0) is 36.8 Å². The summed E-state index contributed by atoms with van der Waals surface area (Å²) in [7, 11) is 0. The number of nitrogens with zero attached hydrogens (tertiary/aromatic N) is 2. The van der Waals surface area contributed by atoms with Gasteiger partial charge in [-0.25, -0.2) is 0 Å². The molecular formula is C22H22ClN5O3S. The molecule has 0 fully saturated rings. The number of para-hydroxylation sites is 1. The Morgan fingerprint density at radius 3 is 2.44 bits per heavy atom. The molecule has 1 atom stereocenters. The number of hydrogen-bond acceptors (Lipinski definition) is 6. The third kappa shape index (κ3) is 5.95. The maximum Gasteiger partial charge on any atom is 0.278 e. The molecule has 0 spiro atoms. The van der Waals surface area contributed by atoms with Crippen molar-refractivity contribution in [2.45, 2.75) is 37.1 Å². The number of carbonyl (C=O) groups is 2. The number of nitrogens with one attached hydrogen (secondary N) is 3. The minimum atomic E-state index is -0.488. The molecule has 0 aliphatic heterocycles. The van der Waals surface area contributed by atoms with Gasteiger partial charge in [-0.15, -0.1) is 10.2 Å². The Bertz CT molecular complexity index is 1170. The Kier molecular flexibility index (Phi) is 8.02. The van der Waals surface area contributed by atoms with Gasteiger partial charge >= 0.3 is 0 Å². The van der Waals surface area contributed by atoms with Gasteiger partial charge < -0.3 is 10.6 Å². The van der Waals surface area contributed by atoms with E-state index in [4.69, 9.17) is 11.6 Å². The van der Waals surface area contributed by atoms with Gasteiger partial charge in [0.05, 0.1) is 10.9 Å². The van der Waals surface area contributed by atoms with E-state index in [0.717, 1.165) is 11.8 Å². The molecule has 0 saturated carbocycles. The fourth-order valence-electron chi connectivity index (χ4n) is 2.80. The topological polar surface area (TPSA) is 117 Å². The lowest BCUT2D eigenvalue weighted by Crippen LogP contribution is -2.25. The molecule has 1 heterocycles. The number of H-pyrrole nitrogens is 1. The molecule has 0 aliphatic rings. The normalized spacial score (nSPS) is 11.6. The highest BCUT2D eigenvalue weighted by Crippen LogP contribution is 2.26. The number of halogens is 1. The maximum atomic E-state index is 12.7. The zero-order valence-corrected chi connectivity index (χ0v) is 19.1. The number of thioether (sulfide) groups is 1. The fourth-order valence-corrected chi connectivity index (χ4v) is 3.77. The van der Waals surface area contributed by atoms with Gasteiger partial charge in [0.2, 0.25) is 11.8 Å². The number of amides is 2. The molecule has 2 amide bonds. The first-order valence-electron chi connectivity index (χ1n) is 10.0. The highest BCUT2D eigenvalue weighted by molar-refractivity contribution is 8.00. The van der Waals surface area contributed by atoms with Crippen LogP contribution in [0.1, 0.15) is 26.7 Å². The van der Waals surface area contributed by atoms with Crippen LogP contribution in [0.25, 0.3) is 11.3 Å². The predicted octanol–water partition coefficient (Wildman–Crippen LogP) is 4.34. The van der Waals surface area contributed by atoms with Gasteiger partial charge in [-0.3, -0.25) is 19.4 Å². The number of aromatic amines is 1. The van der Waals surface area contributed by atoms with Crippen LogP contribution in [0.5, 0.6) is 0 Å². The van der Waals surface area contributed by atoms with Crippen LogP contribution in [0.15, 0.2) is 58.5 Å². The first-order valence-corrected chi connectivity index (χ1v) is 11.3. The van der Waals surface area contributed by atoms with Crippen LogP contribution < -0.4 is 16.2 Å². The lowest BCUT2D eigenvalue weighted by molar-refractivity contribution is -0.116. The number of anilines is 2. The molecule has 3 rings (SSSR count). The van der Waals surface area contributed by atoms with Gasteiger partial charge in [0.25, 0.3) is 5.56 Å². The molecule has 8 nitrogen and oxygen atoms in total. The second kappa shape index (κ2) is 10.9. The van der Waals surface area contributed by atoms with Crippen molar-refractivity contribution in [3.8, 4) is 11.3 Å². The summed E-state index contributed by atoms with van der Waals surface area (Å²) in [6.45, 7) is 3.61. The van der Waals surface area contributed by atoms with E-state index in [1.807, 2.05) is 6.92 Å². The van der Waals surface area contributed by atoms with E-state index in [0.29, 0.717) is 34.8 Å². The average Bonchev–Trinajstić information content (AvgIpc) is 2.79. The average molecular weight is 472 g/mol. The molecule has 10 heteroatoms. The third-order valence-electron chi connectivity index (χ3n) is 4.48. The van der Waals surface area contributed by atoms with E-state index in [1.54, 1.807) is 55.5 Å². The van der Waals surface area contributed by atoms with Crippen molar-refractivity contribution >= 4 is 46.6 Å². The summed E-state index contributed by atoms with van der Waals surface area (Å²) in [6, 6.07) is 13.7. The molecule has 0 unspecified atom stereocenters. The van der Waals surface area contributed by atoms with Gasteiger partial charge in [0.1, 0.15) is 0 Å². The summed E-state index contributed by atoms with van der Waals surface area (Å²) in [4.78, 5) is 39.8. The second-order valence-corrected chi connectivity index (χ2v) is 8.39. The van der Waals surface area contributed by atoms with E-state index in [1.165, 1.54) is 0 Å². The van der Waals surface area contributed by atoms with Crippen LogP contribution in [0.4, 0.5) is 11.4 Å². The second-order valence-electron chi connectivity index (χ2n) is 6.77. The summed E-state index contributed by atoms with van der Waals surface area (Å²) in [5.74, 6) is -0.398. The fraction of sp³-hybridized carbons (Fsp3) is 0.227. The van der Waals surface area contributed by atoms with Crippen molar-refractivity contribution in [1.29, 1.82) is 0 Å². The SMILES string of the molecule is CCC(=O)Nc1ccccc1-c1nnc(S[C@H](CC)C(=O)Nc2ccc(Cl)cc2)[nH]c1=O. The summed E-state index contributed by atoms with van der Waals surface area (Å²) in [6.07, 6.45) is 0.823. The molecule has 32 heavy (non-hydrogen) atoms. The van der Waals surface area contributed by atoms with Crippen LogP contribution in [-0.4, -0.2) is 32.2 Å². The van der Waals surface area contributed by atoms with E-state index < -0.39 is 10.8 Å². The van der Waals surface area contributed by atoms with Crippen molar-refractivity contribution in [3.05, 3.63) is 63.9 Å². The quantitative estimate of drug-likeness (QED) is 0.420. The van der Waals surface area contributed by atoms with Crippen molar-refractivity contribution in [3.63, 3.8) is 0 Å². The Balaban J connectivity index is 1.77. The van der Waals surface area contributed by atoms with Crippen LogP contribution in [0.2, 0.25) is 5.02 Å². The Morgan fingerprint density at radius 2 is 1.78 bits per heavy atom. The van der Waals surface area contributed by atoms with Gasteiger partial charge in [0, 0.05) is 22.7 Å². The largest absolute Gasteiger partial charge is 0.325 e. The third-order valence-corrected chi connectivity index (χ3v) is 5.97. The summed E-state index contributed by atoms with van der Waals surface area (Å²) in [5, 5.41) is 14.1. The standard InChI is InChI=1S/C22H22ClN5O3S/c1-3-17(20(30)24-14-11-9-13(23)10-12-14)32-22-26-21(31)19(27-28-22)15-7-5-6-8-16(15)25-18(29)4-2/h5-12,17H,3-4H2,1-2H3,(H,24,30)(H,25,29)(H,26,28,31)/t17-/m1/s1. The molecule has 0 aliphatic carbocycles. The maximum absolute atomic E-state index is 12.7. The number of benzene rings is 2. The summed E-state index contributed by atoms with van der Waals surface area (Å²) >= 11 is 6.99. The van der Waals surface area contributed by atoms with Crippen LogP contribution in [0.3, 0.4) is 0 Å². The summed E-state index contributed by atoms with van der Waals surface area (Å²) < 4.78 is 0. The predicted molar refractivity (Wildman–Crippen MR) is 127 cm³/mol. The summed E-state index contributed by atoms with van der Waals surface area (Å²) in [5.41, 5.74) is 1.19. The van der Waals surface area contributed by atoms with E-state index in [-0.39, 0.29) is 22.7 Å². The first-order chi connectivity index (χ1) is 15.4. The number of hydrogen-bond donors (Lipinski definition) is 3. The minimum absolute atomic E-state index is 0.0833. The number of aromatic nitrogens is 3. The molecule has 2 aromatic carbocycles. The molecular weight excluding hydrogens is 450 g/mol. The highest BCUT2D eigenvalue weighted by atomic mass is 35.5. The van der Waals surface area contributed by atoms with Gasteiger partial charge in [-0.2, -0.15) is 0 Å². The zero-order valence-electron chi connectivity index (χ0n) is 17.5. The molecule has 1 aromatic heterocycles. The molecule has 3 N–H and O–H groups in total. The molecule has 3 aromatic rings. The number of rotatable bonds is 8. The smallest absolute Gasteiger partial charge is 0.278 e. The van der Waals surface area contributed by atoms with Crippen molar-refractivity contribution in [1.82, 2.24) is 15.2 Å². The van der Waals surface area contributed by atoms with E-state index >= 15 is 0 Å². The van der Waals surface area contributed by atoms with E-state index in [2.05, 4.69) is 25.8 Å². The zero-order chi connectivity index (χ0) is 23.1. The van der Waals surface area contributed by atoms with E-state index in [9.17, 15) is 14.4 Å². The number of carbonyl (C=O) groups excluding carboxylic acids is 2. The first kappa shape index (κ1) is 23.5. The van der Waals surface area contributed by atoms with Crippen molar-refractivity contribution < 1.29 is 9.59 Å². The van der Waals surface area contributed by atoms with Crippen LogP contribution in [0, 0.1) is 0 Å². The van der Waals surface area contributed by atoms with Crippen LogP contribution >= 0.6 is 23.4 Å². The molecule has 166 valence electrons. The molecule has 0 saturated heterocycles. The Morgan fingerprint density at radius 1 is 1.06 bits per heavy atom. The highest BCUT2D eigenvalue weighted by Gasteiger charge is 2.21. The lowest BCUT2D eigenvalue weighted by Gasteiger charge is -2.14. The van der Waals surface area contributed by atoms with Crippen LogP contribution in [-0.2, 0) is 9.59 Å². The lowest BCUT2D eigenvalue weighted by atomic mass is 10.1. The Labute approximate surface area is 194 Å². The monoisotopic (exact) mass is 471 g/mol. The van der Waals surface area contributed by atoms with Crippen molar-refractivity contribution in [2.75, 3.05) is 10.6 Å². The Hall–Kier alpha value is -3.17. The van der Waals surface area contributed by atoms with Gasteiger partial charge in [0.15, 0.2) is 10.9 Å². The minimum Gasteiger partial charge on any atom is -0.325 e. The van der Waals surface area contributed by atoms with Gasteiger partial charge in [-0.1, -0.05) is 55.4 Å². The molecule has 0 bridgehead atoms.